The van der Waals surface area contributed by atoms with Crippen LogP contribution < -0.4 is 10.6 Å². The zero-order valence-electron chi connectivity index (χ0n) is 15.3. The highest BCUT2D eigenvalue weighted by molar-refractivity contribution is 5.89. The zero-order chi connectivity index (χ0) is 19.0. The second-order valence-electron chi connectivity index (χ2n) is 6.33. The van der Waals surface area contributed by atoms with E-state index >= 15 is 0 Å². The molecule has 0 fully saturated rings. The van der Waals surface area contributed by atoms with Gasteiger partial charge in [0, 0.05) is 11.1 Å². The van der Waals surface area contributed by atoms with E-state index in [1.807, 2.05) is 36.4 Å². The highest BCUT2D eigenvalue weighted by Gasteiger charge is 2.22. The fraction of sp³-hybridized carbons (Fsp3) is 0.238. The number of rotatable bonds is 8. The molecule has 136 valence electrons. The van der Waals surface area contributed by atoms with Crippen LogP contribution in [0.25, 0.3) is 0 Å². The molecule has 2 N–H and O–H groups in total. The molecule has 2 aromatic carbocycles. The summed E-state index contributed by atoms with van der Waals surface area (Å²) in [5, 5.41) is 5.51. The fourth-order valence-corrected chi connectivity index (χ4v) is 2.60. The van der Waals surface area contributed by atoms with Crippen LogP contribution in [-0.2, 0) is 10.2 Å². The monoisotopic (exact) mass is 351 g/mol. The average molecular weight is 351 g/mol. The lowest BCUT2D eigenvalue weighted by Crippen LogP contribution is -2.31. The van der Waals surface area contributed by atoms with Crippen molar-refractivity contribution in [1.82, 2.24) is 5.32 Å². The molecule has 0 saturated carbocycles. The third kappa shape index (κ3) is 4.96. The van der Waals surface area contributed by atoms with Crippen molar-refractivity contribution >= 4 is 24.1 Å². The van der Waals surface area contributed by atoms with Gasteiger partial charge in [-0.15, -0.1) is 0 Å². The Morgan fingerprint density at radius 3 is 2.23 bits per heavy atom. The lowest BCUT2D eigenvalue weighted by atomic mass is 9.78. The predicted octanol–water partition coefficient (Wildman–Crippen LogP) is 4.63. The molecular formula is C21H25N3O2. The van der Waals surface area contributed by atoms with Gasteiger partial charge in [-0.05, 0) is 42.1 Å². The van der Waals surface area contributed by atoms with Crippen molar-refractivity contribution in [2.75, 3.05) is 18.5 Å². The number of nitrogens with one attached hydrogen (secondary N) is 2. The Labute approximate surface area is 154 Å². The number of benzene rings is 2. The molecule has 0 unspecified atom stereocenters. The number of carbonyl (C=O) groups excluding carboxylic acids is 1. The Balaban J connectivity index is 2.01. The van der Waals surface area contributed by atoms with Gasteiger partial charge in [-0.25, -0.2) is 4.79 Å². The van der Waals surface area contributed by atoms with Crippen LogP contribution in [0.4, 0.5) is 16.2 Å². The van der Waals surface area contributed by atoms with Crippen LogP contribution in [0.3, 0.4) is 0 Å². The molecule has 5 nitrogen and oxygen atoms in total. The van der Waals surface area contributed by atoms with E-state index in [9.17, 15) is 4.79 Å². The van der Waals surface area contributed by atoms with E-state index in [1.165, 1.54) is 11.8 Å². The van der Waals surface area contributed by atoms with Crippen molar-refractivity contribution in [3.63, 3.8) is 0 Å². The molecule has 0 aromatic heterocycles. The number of hydrogen-bond donors (Lipinski definition) is 2. The topological polar surface area (TPSA) is 62.7 Å². The summed E-state index contributed by atoms with van der Waals surface area (Å²) >= 11 is 0. The van der Waals surface area contributed by atoms with Gasteiger partial charge in [-0.2, -0.15) is 0 Å². The molecule has 2 amide bonds. The summed E-state index contributed by atoms with van der Waals surface area (Å²) < 4.78 is 4.96. The van der Waals surface area contributed by atoms with Crippen molar-refractivity contribution in [3.05, 3.63) is 72.5 Å². The SMILES string of the molecule is C=COCCNC(=O)Nc1ccc(C(C)(C)c2ccc(N=C)cc2)cc1. The minimum absolute atomic E-state index is 0.164. The highest BCUT2D eigenvalue weighted by Crippen LogP contribution is 2.33. The first-order chi connectivity index (χ1) is 12.5. The summed E-state index contributed by atoms with van der Waals surface area (Å²) in [4.78, 5) is 15.8. The van der Waals surface area contributed by atoms with Crippen LogP contribution in [0.5, 0.6) is 0 Å². The van der Waals surface area contributed by atoms with Crippen molar-refractivity contribution < 1.29 is 9.53 Å². The standard InChI is InChI=1S/C21H25N3O2/c1-5-26-15-14-23-20(25)24-19-12-8-17(9-13-19)21(2,3)16-6-10-18(22-4)11-7-16/h5-13H,1,4,14-15H2,2-3H3,(H2,23,24,25). The van der Waals surface area contributed by atoms with Crippen molar-refractivity contribution in [1.29, 1.82) is 0 Å². The molecule has 5 heteroatoms. The molecule has 2 rings (SSSR count). The maximum Gasteiger partial charge on any atom is 0.319 e. The average Bonchev–Trinajstić information content (AvgIpc) is 2.66. The number of anilines is 1. The van der Waals surface area contributed by atoms with Gasteiger partial charge in [0.1, 0.15) is 6.61 Å². The van der Waals surface area contributed by atoms with Crippen molar-refractivity contribution in [2.24, 2.45) is 4.99 Å². The van der Waals surface area contributed by atoms with Crippen LogP contribution in [0.2, 0.25) is 0 Å². The van der Waals surface area contributed by atoms with Gasteiger partial charge >= 0.3 is 6.03 Å². The minimum atomic E-state index is -0.266. The first-order valence-electron chi connectivity index (χ1n) is 8.42. The van der Waals surface area contributed by atoms with Crippen LogP contribution in [0.15, 0.2) is 66.4 Å². The van der Waals surface area contributed by atoms with E-state index in [4.69, 9.17) is 4.74 Å². The Bertz CT molecular complexity index is 750. The lowest BCUT2D eigenvalue weighted by Gasteiger charge is -2.26. The number of ether oxygens (including phenoxy) is 1. The molecule has 2 aromatic rings. The summed E-state index contributed by atoms with van der Waals surface area (Å²) in [7, 11) is 0. The van der Waals surface area contributed by atoms with E-state index in [0.717, 1.165) is 16.9 Å². The van der Waals surface area contributed by atoms with Crippen molar-refractivity contribution in [3.8, 4) is 0 Å². The van der Waals surface area contributed by atoms with Gasteiger partial charge in [0.25, 0.3) is 0 Å². The molecular weight excluding hydrogens is 326 g/mol. The van der Waals surface area contributed by atoms with Gasteiger partial charge in [0.15, 0.2) is 0 Å². The molecule has 0 spiro atoms. The first kappa shape index (κ1) is 19.2. The Morgan fingerprint density at radius 2 is 1.69 bits per heavy atom. The fourth-order valence-electron chi connectivity index (χ4n) is 2.60. The van der Waals surface area contributed by atoms with E-state index in [1.54, 1.807) is 0 Å². The van der Waals surface area contributed by atoms with Crippen LogP contribution >= 0.6 is 0 Å². The highest BCUT2D eigenvalue weighted by atomic mass is 16.5. The van der Waals surface area contributed by atoms with Gasteiger partial charge in [-0.3, -0.25) is 4.99 Å². The largest absolute Gasteiger partial charge is 0.500 e. The summed E-state index contributed by atoms with van der Waals surface area (Å²) in [6, 6.07) is 15.6. The van der Waals surface area contributed by atoms with Gasteiger partial charge in [-0.1, -0.05) is 44.7 Å². The first-order valence-corrected chi connectivity index (χ1v) is 8.42. The molecule has 0 saturated heterocycles. The molecule has 0 aliphatic rings. The zero-order valence-corrected chi connectivity index (χ0v) is 15.3. The molecule has 0 aliphatic heterocycles. The molecule has 0 atom stereocenters. The normalized spacial score (nSPS) is 10.7. The number of carbonyl (C=O) groups is 1. The summed E-state index contributed by atoms with van der Waals surface area (Å²) in [6.45, 7) is 12.1. The Morgan fingerprint density at radius 1 is 1.12 bits per heavy atom. The van der Waals surface area contributed by atoms with E-state index in [-0.39, 0.29) is 11.4 Å². The molecule has 26 heavy (non-hydrogen) atoms. The number of aliphatic imine (C=N–C) groups is 1. The van der Waals surface area contributed by atoms with E-state index in [2.05, 4.69) is 54.9 Å². The molecule has 0 aliphatic carbocycles. The minimum Gasteiger partial charge on any atom is -0.500 e. The van der Waals surface area contributed by atoms with Gasteiger partial charge in [0.2, 0.25) is 0 Å². The van der Waals surface area contributed by atoms with Crippen LogP contribution in [0, 0.1) is 0 Å². The number of hydrogen-bond acceptors (Lipinski definition) is 3. The molecule has 0 bridgehead atoms. The van der Waals surface area contributed by atoms with Crippen molar-refractivity contribution in [2.45, 2.75) is 19.3 Å². The van der Waals surface area contributed by atoms with Crippen LogP contribution in [0.1, 0.15) is 25.0 Å². The Kier molecular flexibility index (Phi) is 6.55. The quantitative estimate of drug-likeness (QED) is 0.414. The van der Waals surface area contributed by atoms with E-state index < -0.39 is 0 Å². The second kappa shape index (κ2) is 8.85. The third-order valence-corrected chi connectivity index (χ3v) is 4.26. The van der Waals surface area contributed by atoms with Crippen LogP contribution in [-0.4, -0.2) is 25.9 Å². The maximum absolute atomic E-state index is 11.8. The van der Waals surface area contributed by atoms with Gasteiger partial charge in [0.05, 0.1) is 18.5 Å². The molecule has 0 radical (unpaired) electrons. The summed E-state index contributed by atoms with van der Waals surface area (Å²) in [5.74, 6) is 0. The summed E-state index contributed by atoms with van der Waals surface area (Å²) in [5.41, 5.74) is 3.77. The smallest absolute Gasteiger partial charge is 0.319 e. The van der Waals surface area contributed by atoms with E-state index in [0.29, 0.717) is 13.2 Å². The number of urea groups is 1. The molecule has 0 heterocycles. The predicted molar refractivity (Wildman–Crippen MR) is 107 cm³/mol. The lowest BCUT2D eigenvalue weighted by molar-refractivity contribution is 0.234. The Hall–Kier alpha value is -3.08. The third-order valence-electron chi connectivity index (χ3n) is 4.26. The maximum atomic E-state index is 11.8. The van der Waals surface area contributed by atoms with Gasteiger partial charge < -0.3 is 15.4 Å². The number of nitrogens with zero attached hydrogens (tertiary/aromatic N) is 1. The summed E-state index contributed by atoms with van der Waals surface area (Å²) in [6.07, 6.45) is 1.35. The number of amides is 2. The second-order valence-corrected chi connectivity index (χ2v) is 6.33.